The van der Waals surface area contributed by atoms with Crippen LogP contribution in [0.3, 0.4) is 0 Å². The number of fused-ring (bicyclic) bond motifs is 2. The summed E-state index contributed by atoms with van der Waals surface area (Å²) < 4.78 is 23.7. The van der Waals surface area contributed by atoms with E-state index >= 15 is 0 Å². The molecule has 0 bridgehead atoms. The van der Waals surface area contributed by atoms with E-state index in [9.17, 15) is 30.0 Å². The minimum absolute atomic E-state index is 0.0512. The fourth-order valence-electron chi connectivity index (χ4n) is 13.2. The van der Waals surface area contributed by atoms with Gasteiger partial charge in [-0.1, -0.05) is 34.6 Å². The molecule has 2 aliphatic heterocycles. The van der Waals surface area contributed by atoms with Crippen molar-refractivity contribution in [2.24, 2.45) is 50.7 Å². The van der Waals surface area contributed by atoms with Gasteiger partial charge in [-0.05, 0) is 105 Å². The molecule has 4 N–H and O–H groups in total. The molecule has 47 heavy (non-hydrogen) atoms. The predicted octanol–water partition coefficient (Wildman–Crippen LogP) is 3.53. The molecular weight excluding hydrogens is 604 g/mol. The van der Waals surface area contributed by atoms with Crippen molar-refractivity contribution in [3.63, 3.8) is 0 Å². The summed E-state index contributed by atoms with van der Waals surface area (Å²) in [4.78, 5) is 26.3. The molecule has 266 valence electrons. The predicted molar refractivity (Wildman–Crippen MR) is 170 cm³/mol. The maximum Gasteiger partial charge on any atom is 0.302 e. The molecule has 10 nitrogen and oxygen atoms in total. The summed E-state index contributed by atoms with van der Waals surface area (Å²) in [5.41, 5.74) is -1.34. The second kappa shape index (κ2) is 10.7. The molecule has 5 saturated carbocycles. The largest absolute Gasteiger partial charge is 0.460 e. The van der Waals surface area contributed by atoms with Crippen molar-refractivity contribution >= 4 is 11.8 Å². The Labute approximate surface area is 279 Å². The van der Waals surface area contributed by atoms with Crippen LogP contribution < -0.4 is 0 Å². The summed E-state index contributed by atoms with van der Waals surface area (Å²) in [7, 11) is 0. The lowest BCUT2D eigenvalue weighted by Crippen LogP contribution is -2.61. The molecule has 7 aliphatic rings. The Hall–Kier alpha value is -1.14. The Balaban J connectivity index is 1.12. The van der Waals surface area contributed by atoms with Crippen LogP contribution in [-0.4, -0.2) is 93.4 Å². The van der Waals surface area contributed by atoms with Gasteiger partial charge < -0.3 is 39.4 Å². The Morgan fingerprint density at radius 3 is 2.21 bits per heavy atom. The van der Waals surface area contributed by atoms with Crippen molar-refractivity contribution in [2.45, 2.75) is 161 Å². The number of ketones is 1. The van der Waals surface area contributed by atoms with Gasteiger partial charge in [0.15, 0.2) is 12.1 Å². The third-order valence-electron chi connectivity index (χ3n) is 15.7. The number of aliphatic hydroxyl groups excluding tert-OH is 4. The molecule has 0 unspecified atom stereocenters. The third-order valence-corrected chi connectivity index (χ3v) is 15.7. The Bertz CT molecular complexity index is 1300. The van der Waals surface area contributed by atoms with E-state index in [1.54, 1.807) is 0 Å². The van der Waals surface area contributed by atoms with Crippen molar-refractivity contribution in [3.05, 3.63) is 0 Å². The third kappa shape index (κ3) is 4.53. The highest BCUT2D eigenvalue weighted by Crippen LogP contribution is 2.89. The highest BCUT2D eigenvalue weighted by molar-refractivity contribution is 5.90. The number of ether oxygens (including phenoxy) is 4. The summed E-state index contributed by atoms with van der Waals surface area (Å²) in [6.45, 7) is 16.4. The lowest BCUT2D eigenvalue weighted by atomic mass is 9.41. The topological polar surface area (TPSA) is 155 Å². The fourth-order valence-corrected chi connectivity index (χ4v) is 13.2. The van der Waals surface area contributed by atoms with E-state index in [1.165, 1.54) is 6.92 Å². The quantitative estimate of drug-likeness (QED) is 0.181. The number of epoxide rings is 1. The molecule has 0 aromatic carbocycles. The molecule has 0 radical (unpaired) electrons. The van der Waals surface area contributed by atoms with Gasteiger partial charge in [-0.3, -0.25) is 9.59 Å². The summed E-state index contributed by atoms with van der Waals surface area (Å²) in [5, 5.41) is 42.8. The monoisotopic (exact) mass is 662 g/mol. The maximum absolute atomic E-state index is 14.2. The molecule has 2 saturated heterocycles. The zero-order chi connectivity index (χ0) is 34.3. The first-order valence-electron chi connectivity index (χ1n) is 18.2. The highest BCUT2D eigenvalue weighted by atomic mass is 16.7. The zero-order valence-corrected chi connectivity index (χ0v) is 29.5. The van der Waals surface area contributed by atoms with E-state index in [1.807, 2.05) is 13.8 Å². The lowest BCUT2D eigenvalue weighted by Gasteiger charge is -2.63. The smallest absolute Gasteiger partial charge is 0.302 e. The lowest BCUT2D eigenvalue weighted by molar-refractivity contribution is -0.303. The van der Waals surface area contributed by atoms with Crippen molar-refractivity contribution in [2.75, 3.05) is 6.61 Å². The second-order valence-electron chi connectivity index (χ2n) is 18.4. The standard InChI is InChI=1S/C37H58O10/c1-18(15-21(45-19(2)38)30-33(5,6)47-30)25-27(41)29(43)35(8)23-10-9-22-32(3,4)24(46-31-28(42)26(40)20(39)16-44-31)11-12-36(22)17-37(23,36)14-13-34(25,35)7/h18,20-26,28-31,39-40,42-43H,9-17H2,1-8H3/t18-,20-,21-,22+,23+,24+,25+,26+,28-,29-,30+,31+,34-,35-,36-,37+/m1/s1. The number of carbonyl (C=O) groups is 2. The zero-order valence-electron chi connectivity index (χ0n) is 29.5. The van der Waals surface area contributed by atoms with Gasteiger partial charge in [-0.15, -0.1) is 0 Å². The van der Waals surface area contributed by atoms with Crippen LogP contribution in [0, 0.1) is 50.7 Å². The van der Waals surface area contributed by atoms with Gasteiger partial charge >= 0.3 is 5.97 Å². The van der Waals surface area contributed by atoms with Gasteiger partial charge in [0.25, 0.3) is 0 Å². The molecule has 7 rings (SSSR count). The Kier molecular flexibility index (Phi) is 7.80. The van der Waals surface area contributed by atoms with Gasteiger partial charge in [0.1, 0.15) is 36.6 Å². The summed E-state index contributed by atoms with van der Waals surface area (Å²) >= 11 is 0. The van der Waals surface area contributed by atoms with E-state index in [0.29, 0.717) is 12.3 Å². The van der Waals surface area contributed by atoms with Gasteiger partial charge in [-0.25, -0.2) is 0 Å². The summed E-state index contributed by atoms with van der Waals surface area (Å²) in [6.07, 6.45) is 0.666. The highest BCUT2D eigenvalue weighted by Gasteiger charge is 2.84. The number of Topliss-reactive ketones (excluding diaryl/α,β-unsaturated/α-hetero) is 1. The Morgan fingerprint density at radius 2 is 1.57 bits per heavy atom. The van der Waals surface area contributed by atoms with Crippen molar-refractivity contribution < 1.29 is 49.0 Å². The van der Waals surface area contributed by atoms with Crippen LogP contribution in [0.5, 0.6) is 0 Å². The number of hydrogen-bond donors (Lipinski definition) is 4. The molecule has 16 atom stereocenters. The number of aliphatic hydroxyl groups is 4. The molecule has 10 heteroatoms. The van der Waals surface area contributed by atoms with Gasteiger partial charge in [0, 0.05) is 18.3 Å². The van der Waals surface area contributed by atoms with Crippen LogP contribution in [0.25, 0.3) is 0 Å². The molecule has 7 fully saturated rings. The van der Waals surface area contributed by atoms with Gasteiger partial charge in [0.05, 0.1) is 18.3 Å². The summed E-state index contributed by atoms with van der Waals surface area (Å²) in [5.74, 6) is -0.211. The van der Waals surface area contributed by atoms with Crippen LogP contribution in [-0.2, 0) is 28.5 Å². The first kappa shape index (κ1) is 34.3. The maximum atomic E-state index is 14.2. The first-order valence-corrected chi connectivity index (χ1v) is 18.2. The van der Waals surface area contributed by atoms with Crippen LogP contribution >= 0.6 is 0 Å². The first-order chi connectivity index (χ1) is 21.8. The van der Waals surface area contributed by atoms with Crippen LogP contribution in [0.4, 0.5) is 0 Å². The average Bonchev–Trinajstić information content (AvgIpc) is 3.84. The SMILES string of the molecule is CC(=O)O[C@H](C[C@@H](C)[C@H]1C(=O)[C@@H](O)[C@@]2(C)[C@@H]3CC[C@H]4C(C)(C)[C@@H](O[C@@H]5OC[C@@H](O)[C@H](O)[C@H]5O)CC[C@@]45C[C@@]35CC[C@]12C)[C@@H]1OC1(C)C. The molecule has 2 heterocycles. The van der Waals surface area contributed by atoms with E-state index in [2.05, 4.69) is 34.6 Å². The van der Waals surface area contributed by atoms with Crippen LogP contribution in [0.2, 0.25) is 0 Å². The van der Waals surface area contributed by atoms with E-state index in [-0.39, 0.29) is 75.6 Å². The minimum Gasteiger partial charge on any atom is -0.460 e. The van der Waals surface area contributed by atoms with Crippen LogP contribution in [0.1, 0.15) is 107 Å². The van der Waals surface area contributed by atoms with Crippen molar-refractivity contribution in [1.29, 1.82) is 0 Å². The van der Waals surface area contributed by atoms with E-state index in [4.69, 9.17) is 18.9 Å². The average molecular weight is 663 g/mol. The molecule has 2 spiro atoms. The van der Waals surface area contributed by atoms with Gasteiger partial charge in [0.2, 0.25) is 0 Å². The number of esters is 1. The van der Waals surface area contributed by atoms with Crippen molar-refractivity contribution in [1.82, 2.24) is 0 Å². The number of carbonyl (C=O) groups excluding carboxylic acids is 2. The molecule has 0 aromatic rings. The fraction of sp³-hybridized carbons (Fsp3) is 0.946. The normalized spacial score (nSPS) is 53.5. The number of rotatable bonds is 7. The van der Waals surface area contributed by atoms with E-state index in [0.717, 1.165) is 44.9 Å². The minimum atomic E-state index is -1.31. The number of hydrogen-bond acceptors (Lipinski definition) is 10. The van der Waals surface area contributed by atoms with Crippen molar-refractivity contribution in [3.8, 4) is 0 Å². The molecule has 0 aromatic heterocycles. The second-order valence-corrected chi connectivity index (χ2v) is 18.4. The Morgan fingerprint density at radius 1 is 0.936 bits per heavy atom. The molecule has 5 aliphatic carbocycles. The molecule has 0 amide bonds. The molecular formula is C37H58O10. The van der Waals surface area contributed by atoms with E-state index < -0.39 is 42.2 Å². The van der Waals surface area contributed by atoms with Gasteiger partial charge in [-0.2, -0.15) is 0 Å². The van der Waals surface area contributed by atoms with Crippen LogP contribution in [0.15, 0.2) is 0 Å². The summed E-state index contributed by atoms with van der Waals surface area (Å²) in [6, 6.07) is 0.